The van der Waals surface area contributed by atoms with Gasteiger partial charge in [-0.15, -0.1) is 0 Å². The topological polar surface area (TPSA) is 85.4 Å². The van der Waals surface area contributed by atoms with Gasteiger partial charge < -0.3 is 25.3 Å². The third-order valence-electron chi connectivity index (χ3n) is 5.89. The molecule has 1 aromatic carbocycles. The molecule has 7 nitrogen and oxygen atoms in total. The van der Waals surface area contributed by atoms with E-state index in [4.69, 9.17) is 15.5 Å². The third-order valence-corrected chi connectivity index (χ3v) is 5.89. The Kier molecular flexibility index (Phi) is 5.31. The maximum absolute atomic E-state index is 13.5. The SMILES string of the molecule is CC1(C)c2nc(-c3ccc(F)cc3)c(NC3CCOCC3)n2CCN1C(=O)CN. The maximum Gasteiger partial charge on any atom is 0.237 e. The van der Waals surface area contributed by atoms with E-state index in [1.165, 1.54) is 12.1 Å². The maximum atomic E-state index is 13.5. The molecule has 1 amide bonds. The van der Waals surface area contributed by atoms with Crippen molar-refractivity contribution in [3.63, 3.8) is 0 Å². The van der Waals surface area contributed by atoms with Crippen LogP contribution in [0.15, 0.2) is 24.3 Å². The average molecular weight is 401 g/mol. The Morgan fingerprint density at radius 3 is 2.62 bits per heavy atom. The van der Waals surface area contributed by atoms with Crippen LogP contribution < -0.4 is 11.1 Å². The minimum Gasteiger partial charge on any atom is -0.381 e. The standard InChI is InChI=1S/C21H28FN5O2/c1-21(2)20-25-18(14-3-5-15(22)6-4-14)19(24-16-7-11-29-12-8-16)26(20)9-10-27(21)17(28)13-23/h3-6,16,24H,7-13,23H2,1-2H3. The van der Waals surface area contributed by atoms with Gasteiger partial charge in [-0.05, 0) is 51.0 Å². The number of hydrogen-bond donors (Lipinski definition) is 2. The lowest BCUT2D eigenvalue weighted by molar-refractivity contribution is -0.137. The Bertz CT molecular complexity index is 887. The number of nitrogens with zero attached hydrogens (tertiary/aromatic N) is 3. The molecule has 156 valence electrons. The molecule has 0 saturated carbocycles. The number of carbonyl (C=O) groups excluding carboxylic acids is 1. The van der Waals surface area contributed by atoms with Crippen LogP contribution in [0.2, 0.25) is 0 Å². The number of aromatic nitrogens is 2. The molecule has 29 heavy (non-hydrogen) atoms. The lowest BCUT2D eigenvalue weighted by Crippen LogP contribution is -2.53. The average Bonchev–Trinajstić information content (AvgIpc) is 3.08. The van der Waals surface area contributed by atoms with E-state index in [-0.39, 0.29) is 24.3 Å². The molecule has 0 spiro atoms. The number of halogens is 1. The van der Waals surface area contributed by atoms with Crippen molar-refractivity contribution < 1.29 is 13.9 Å². The lowest BCUT2D eigenvalue weighted by Gasteiger charge is -2.42. The van der Waals surface area contributed by atoms with E-state index in [1.54, 1.807) is 17.0 Å². The third kappa shape index (κ3) is 3.62. The van der Waals surface area contributed by atoms with Crippen LogP contribution in [0.3, 0.4) is 0 Å². The van der Waals surface area contributed by atoms with Gasteiger partial charge in [0.05, 0.1) is 12.1 Å². The predicted molar refractivity (Wildman–Crippen MR) is 109 cm³/mol. The number of fused-ring (bicyclic) bond motifs is 1. The first-order valence-corrected chi connectivity index (χ1v) is 10.1. The van der Waals surface area contributed by atoms with Crippen LogP contribution in [-0.2, 0) is 21.6 Å². The summed E-state index contributed by atoms with van der Waals surface area (Å²) < 4.78 is 21.1. The second-order valence-corrected chi connectivity index (χ2v) is 8.13. The number of rotatable bonds is 4. The zero-order valence-corrected chi connectivity index (χ0v) is 16.9. The van der Waals surface area contributed by atoms with Crippen molar-refractivity contribution in [2.45, 2.75) is 44.8 Å². The van der Waals surface area contributed by atoms with Crippen molar-refractivity contribution in [1.82, 2.24) is 14.5 Å². The molecule has 2 aromatic rings. The van der Waals surface area contributed by atoms with E-state index in [0.29, 0.717) is 13.1 Å². The summed E-state index contributed by atoms with van der Waals surface area (Å²) >= 11 is 0. The van der Waals surface area contributed by atoms with Crippen molar-refractivity contribution in [1.29, 1.82) is 0 Å². The van der Waals surface area contributed by atoms with Crippen molar-refractivity contribution >= 4 is 11.7 Å². The molecule has 4 rings (SSSR count). The highest BCUT2D eigenvalue weighted by atomic mass is 19.1. The molecule has 8 heteroatoms. The van der Waals surface area contributed by atoms with Gasteiger partial charge in [-0.3, -0.25) is 4.79 Å². The molecule has 1 fully saturated rings. The molecule has 1 aromatic heterocycles. The first kappa shape index (κ1) is 19.8. The highest BCUT2D eigenvalue weighted by Gasteiger charge is 2.41. The number of nitrogens with two attached hydrogens (primary N) is 1. The second kappa shape index (κ2) is 7.76. The summed E-state index contributed by atoms with van der Waals surface area (Å²) in [5.41, 5.74) is 6.65. The molecule has 1 saturated heterocycles. The minimum absolute atomic E-state index is 0.0257. The summed E-state index contributed by atoms with van der Waals surface area (Å²) in [6.07, 6.45) is 1.84. The number of anilines is 1. The van der Waals surface area contributed by atoms with Crippen LogP contribution >= 0.6 is 0 Å². The normalized spacial score (nSPS) is 19.1. The zero-order chi connectivity index (χ0) is 20.6. The molecule has 0 atom stereocenters. The van der Waals surface area contributed by atoms with Gasteiger partial charge in [0.25, 0.3) is 0 Å². The molecule has 0 bridgehead atoms. The molecule has 0 aliphatic carbocycles. The molecular formula is C21H28FN5O2. The number of imidazole rings is 1. The number of hydrogen-bond acceptors (Lipinski definition) is 5. The Morgan fingerprint density at radius 2 is 1.97 bits per heavy atom. The van der Waals surface area contributed by atoms with Crippen molar-refractivity contribution in [2.24, 2.45) is 5.73 Å². The highest BCUT2D eigenvalue weighted by molar-refractivity contribution is 5.80. The first-order chi connectivity index (χ1) is 13.9. The Labute approximate surface area is 170 Å². The number of carbonyl (C=O) groups is 1. The highest BCUT2D eigenvalue weighted by Crippen LogP contribution is 2.39. The fourth-order valence-corrected chi connectivity index (χ4v) is 4.28. The smallest absolute Gasteiger partial charge is 0.237 e. The first-order valence-electron chi connectivity index (χ1n) is 10.1. The fourth-order valence-electron chi connectivity index (χ4n) is 4.28. The zero-order valence-electron chi connectivity index (χ0n) is 16.9. The molecule has 2 aliphatic heterocycles. The van der Waals surface area contributed by atoms with Gasteiger partial charge in [0.1, 0.15) is 23.2 Å². The summed E-state index contributed by atoms with van der Waals surface area (Å²) in [6.45, 7) is 6.62. The van der Waals surface area contributed by atoms with E-state index in [2.05, 4.69) is 9.88 Å². The van der Waals surface area contributed by atoms with Gasteiger partial charge >= 0.3 is 0 Å². The van der Waals surface area contributed by atoms with E-state index in [0.717, 1.165) is 49.0 Å². The van der Waals surface area contributed by atoms with E-state index >= 15 is 0 Å². The molecule has 0 unspecified atom stereocenters. The fraction of sp³-hybridized carbons (Fsp3) is 0.524. The van der Waals surface area contributed by atoms with Crippen molar-refractivity contribution in [2.75, 3.05) is 31.6 Å². The van der Waals surface area contributed by atoms with Crippen LogP contribution in [0.1, 0.15) is 32.5 Å². The molecule has 3 N–H and O–H groups in total. The van der Waals surface area contributed by atoms with E-state index < -0.39 is 5.54 Å². The number of nitrogens with one attached hydrogen (secondary N) is 1. The minimum atomic E-state index is -0.598. The quantitative estimate of drug-likeness (QED) is 0.821. The van der Waals surface area contributed by atoms with Gasteiger partial charge in [-0.1, -0.05) is 0 Å². The summed E-state index contributed by atoms with van der Waals surface area (Å²) in [6, 6.07) is 6.67. The van der Waals surface area contributed by atoms with Crippen molar-refractivity contribution in [3.05, 3.63) is 35.9 Å². The summed E-state index contributed by atoms with van der Waals surface area (Å²) in [5, 5.41) is 3.67. The lowest BCUT2D eigenvalue weighted by atomic mass is 9.99. The molecule has 2 aliphatic rings. The molecule has 0 radical (unpaired) electrons. The Hall–Kier alpha value is -2.45. The number of amides is 1. The van der Waals surface area contributed by atoms with Crippen LogP contribution in [0.4, 0.5) is 10.2 Å². The summed E-state index contributed by atoms with van der Waals surface area (Å²) in [7, 11) is 0. The summed E-state index contributed by atoms with van der Waals surface area (Å²) in [4.78, 5) is 19.1. The van der Waals surface area contributed by atoms with Crippen molar-refractivity contribution in [3.8, 4) is 11.3 Å². The predicted octanol–water partition coefficient (Wildman–Crippen LogP) is 2.32. The van der Waals surface area contributed by atoms with Gasteiger partial charge in [-0.25, -0.2) is 9.37 Å². The van der Waals surface area contributed by atoms with Crippen LogP contribution in [-0.4, -0.2) is 52.7 Å². The van der Waals surface area contributed by atoms with Gasteiger partial charge in [0.2, 0.25) is 5.91 Å². The molecular weight excluding hydrogens is 373 g/mol. The van der Waals surface area contributed by atoms with Crippen LogP contribution in [0, 0.1) is 5.82 Å². The monoisotopic (exact) mass is 401 g/mol. The molecule has 3 heterocycles. The van der Waals surface area contributed by atoms with Gasteiger partial charge in [0.15, 0.2) is 0 Å². The number of ether oxygens (including phenoxy) is 1. The van der Waals surface area contributed by atoms with Crippen LogP contribution in [0.5, 0.6) is 0 Å². The Morgan fingerprint density at radius 1 is 1.28 bits per heavy atom. The van der Waals surface area contributed by atoms with E-state index in [9.17, 15) is 9.18 Å². The van der Waals surface area contributed by atoms with Gasteiger partial charge in [-0.2, -0.15) is 0 Å². The Balaban J connectivity index is 1.79. The second-order valence-electron chi connectivity index (χ2n) is 8.13. The van der Waals surface area contributed by atoms with E-state index in [1.807, 2.05) is 13.8 Å². The number of benzene rings is 1. The largest absolute Gasteiger partial charge is 0.381 e. The van der Waals surface area contributed by atoms with Crippen LogP contribution in [0.25, 0.3) is 11.3 Å². The summed E-state index contributed by atoms with van der Waals surface area (Å²) in [5.74, 6) is 1.36. The van der Waals surface area contributed by atoms with Gasteiger partial charge in [0, 0.05) is 37.9 Å².